The molecule has 0 aliphatic carbocycles. The first-order valence-electron chi connectivity index (χ1n) is 6.28. The number of hydrogen-bond donors (Lipinski definition) is 3. The first-order valence-corrected chi connectivity index (χ1v) is 6.28. The Kier molecular flexibility index (Phi) is 4.05. The molecule has 2 rings (SSSR count). The third-order valence-electron chi connectivity index (χ3n) is 3.26. The van der Waals surface area contributed by atoms with Crippen LogP contribution in [0.3, 0.4) is 0 Å². The first-order chi connectivity index (χ1) is 9.42. The SMILES string of the molecule is CC(=O)N[C@H]1C[C@H](n2cc(C)c(=O)[nH]c2=O)O[C@@H]1CO. The Morgan fingerprint density at radius 1 is 1.60 bits per heavy atom. The summed E-state index contributed by atoms with van der Waals surface area (Å²) in [6, 6.07) is -0.373. The lowest BCUT2D eigenvalue weighted by atomic mass is 10.1. The van der Waals surface area contributed by atoms with E-state index in [1.807, 2.05) is 0 Å². The Balaban J connectivity index is 2.27. The predicted molar refractivity (Wildman–Crippen MR) is 69.3 cm³/mol. The molecule has 3 atom stereocenters. The van der Waals surface area contributed by atoms with Gasteiger partial charge in [0.05, 0.1) is 12.6 Å². The zero-order chi connectivity index (χ0) is 14.9. The molecule has 1 aliphatic rings. The zero-order valence-electron chi connectivity index (χ0n) is 11.3. The van der Waals surface area contributed by atoms with Crippen molar-refractivity contribution in [2.45, 2.75) is 38.6 Å². The molecule has 1 aromatic rings. The van der Waals surface area contributed by atoms with Gasteiger partial charge in [0.15, 0.2) is 0 Å². The molecule has 0 unspecified atom stereocenters. The summed E-state index contributed by atoms with van der Waals surface area (Å²) in [5.41, 5.74) is -0.635. The van der Waals surface area contributed by atoms with Crippen LogP contribution >= 0.6 is 0 Å². The van der Waals surface area contributed by atoms with E-state index in [1.54, 1.807) is 6.92 Å². The highest BCUT2D eigenvalue weighted by Gasteiger charge is 2.36. The van der Waals surface area contributed by atoms with Crippen molar-refractivity contribution in [2.75, 3.05) is 6.61 Å². The highest BCUT2D eigenvalue weighted by Crippen LogP contribution is 2.27. The molecule has 1 aliphatic heterocycles. The maximum absolute atomic E-state index is 11.8. The van der Waals surface area contributed by atoms with Crippen molar-refractivity contribution in [1.29, 1.82) is 0 Å². The minimum absolute atomic E-state index is 0.234. The lowest BCUT2D eigenvalue weighted by Gasteiger charge is -2.16. The zero-order valence-corrected chi connectivity index (χ0v) is 11.3. The predicted octanol–water partition coefficient (Wildman–Crippen LogP) is -1.37. The molecule has 0 spiro atoms. The van der Waals surface area contributed by atoms with Crippen LogP contribution in [0.25, 0.3) is 0 Å². The van der Waals surface area contributed by atoms with Crippen LogP contribution in [-0.2, 0) is 9.53 Å². The molecule has 0 radical (unpaired) electrons. The maximum atomic E-state index is 11.8. The van der Waals surface area contributed by atoms with Crippen LogP contribution in [0.1, 0.15) is 25.1 Å². The van der Waals surface area contributed by atoms with Crippen LogP contribution < -0.4 is 16.6 Å². The van der Waals surface area contributed by atoms with Crippen molar-refractivity contribution in [3.63, 3.8) is 0 Å². The topological polar surface area (TPSA) is 113 Å². The van der Waals surface area contributed by atoms with E-state index < -0.39 is 23.6 Å². The summed E-state index contributed by atoms with van der Waals surface area (Å²) >= 11 is 0. The highest BCUT2D eigenvalue weighted by molar-refractivity contribution is 5.73. The number of aliphatic hydroxyl groups is 1. The summed E-state index contributed by atoms with van der Waals surface area (Å²) in [6.07, 6.45) is 0.544. The van der Waals surface area contributed by atoms with E-state index in [2.05, 4.69) is 10.3 Å². The second-order valence-electron chi connectivity index (χ2n) is 4.83. The summed E-state index contributed by atoms with van der Waals surface area (Å²) in [6.45, 7) is 2.69. The molecule has 1 fully saturated rings. The van der Waals surface area contributed by atoms with E-state index in [1.165, 1.54) is 17.7 Å². The number of aryl methyl sites for hydroxylation is 1. The van der Waals surface area contributed by atoms with Gasteiger partial charge in [0, 0.05) is 25.1 Å². The number of rotatable bonds is 3. The lowest BCUT2D eigenvalue weighted by Crippen LogP contribution is -2.40. The second kappa shape index (κ2) is 5.59. The highest BCUT2D eigenvalue weighted by atomic mass is 16.5. The van der Waals surface area contributed by atoms with Gasteiger partial charge in [-0.3, -0.25) is 19.1 Å². The summed E-state index contributed by atoms with van der Waals surface area (Å²) in [7, 11) is 0. The van der Waals surface area contributed by atoms with Gasteiger partial charge in [0.25, 0.3) is 5.56 Å². The van der Waals surface area contributed by atoms with Gasteiger partial charge in [-0.1, -0.05) is 0 Å². The van der Waals surface area contributed by atoms with Gasteiger partial charge >= 0.3 is 5.69 Å². The van der Waals surface area contributed by atoms with E-state index in [0.717, 1.165) is 0 Å². The second-order valence-corrected chi connectivity index (χ2v) is 4.83. The van der Waals surface area contributed by atoms with Crippen molar-refractivity contribution < 1.29 is 14.6 Å². The molecule has 1 saturated heterocycles. The summed E-state index contributed by atoms with van der Waals surface area (Å²) in [5.74, 6) is -0.234. The Labute approximate surface area is 114 Å². The number of nitrogens with one attached hydrogen (secondary N) is 2. The molecule has 0 aromatic carbocycles. The number of aromatic amines is 1. The Hall–Kier alpha value is -1.93. The number of ether oxygens (including phenoxy) is 1. The third-order valence-corrected chi connectivity index (χ3v) is 3.26. The number of carbonyl (C=O) groups is 1. The number of H-pyrrole nitrogens is 1. The summed E-state index contributed by atoms with van der Waals surface area (Å²) in [5, 5.41) is 11.9. The lowest BCUT2D eigenvalue weighted by molar-refractivity contribution is -0.120. The van der Waals surface area contributed by atoms with Crippen LogP contribution in [0.15, 0.2) is 15.8 Å². The van der Waals surface area contributed by atoms with Crippen molar-refractivity contribution >= 4 is 5.91 Å². The fourth-order valence-electron chi connectivity index (χ4n) is 2.28. The van der Waals surface area contributed by atoms with Gasteiger partial charge in [0.1, 0.15) is 12.3 Å². The third kappa shape index (κ3) is 2.81. The van der Waals surface area contributed by atoms with E-state index in [4.69, 9.17) is 4.74 Å². The Morgan fingerprint density at radius 3 is 2.90 bits per heavy atom. The summed E-state index contributed by atoms with van der Waals surface area (Å²) in [4.78, 5) is 36.4. The van der Waals surface area contributed by atoms with E-state index in [-0.39, 0.29) is 18.6 Å². The molecular weight excluding hydrogens is 266 g/mol. The van der Waals surface area contributed by atoms with Gasteiger partial charge in [-0.25, -0.2) is 4.79 Å². The molecule has 0 bridgehead atoms. The molecule has 3 N–H and O–H groups in total. The van der Waals surface area contributed by atoms with Crippen LogP contribution in [0.2, 0.25) is 0 Å². The standard InChI is InChI=1S/C12H17N3O5/c1-6-4-15(12(19)14-11(6)18)10-3-8(13-7(2)17)9(5-16)20-10/h4,8-10,16H,3,5H2,1-2H3,(H,13,17)(H,14,18,19)/t8-,9+,10+/m0/s1. The molecule has 0 saturated carbocycles. The van der Waals surface area contributed by atoms with Gasteiger partial charge in [-0.15, -0.1) is 0 Å². The molecule has 2 heterocycles. The number of nitrogens with zero attached hydrogens (tertiary/aromatic N) is 1. The Morgan fingerprint density at radius 2 is 2.30 bits per heavy atom. The maximum Gasteiger partial charge on any atom is 0.330 e. The van der Waals surface area contributed by atoms with Gasteiger partial charge < -0.3 is 15.2 Å². The normalized spacial score (nSPS) is 25.6. The number of carbonyl (C=O) groups excluding carboxylic acids is 1. The first kappa shape index (κ1) is 14.5. The molecule has 110 valence electrons. The van der Waals surface area contributed by atoms with Crippen LogP contribution in [0.4, 0.5) is 0 Å². The van der Waals surface area contributed by atoms with Crippen molar-refractivity contribution in [3.8, 4) is 0 Å². The number of aromatic nitrogens is 2. The fraction of sp³-hybridized carbons (Fsp3) is 0.583. The van der Waals surface area contributed by atoms with Crippen molar-refractivity contribution in [1.82, 2.24) is 14.9 Å². The largest absolute Gasteiger partial charge is 0.394 e. The van der Waals surface area contributed by atoms with E-state index in [9.17, 15) is 19.5 Å². The molecular formula is C12H17N3O5. The quantitative estimate of drug-likeness (QED) is 0.633. The molecule has 1 aromatic heterocycles. The van der Waals surface area contributed by atoms with E-state index in [0.29, 0.717) is 12.0 Å². The van der Waals surface area contributed by atoms with E-state index >= 15 is 0 Å². The Bertz CT molecular complexity index is 620. The van der Waals surface area contributed by atoms with Crippen LogP contribution in [0.5, 0.6) is 0 Å². The van der Waals surface area contributed by atoms with Crippen molar-refractivity contribution in [2.24, 2.45) is 0 Å². The minimum Gasteiger partial charge on any atom is -0.394 e. The minimum atomic E-state index is -0.632. The number of hydrogen-bond acceptors (Lipinski definition) is 5. The summed E-state index contributed by atoms with van der Waals surface area (Å²) < 4.78 is 6.83. The van der Waals surface area contributed by atoms with Crippen molar-refractivity contribution in [3.05, 3.63) is 32.6 Å². The van der Waals surface area contributed by atoms with Gasteiger partial charge in [0.2, 0.25) is 5.91 Å². The molecule has 20 heavy (non-hydrogen) atoms. The van der Waals surface area contributed by atoms with Gasteiger partial charge in [-0.05, 0) is 6.92 Å². The van der Waals surface area contributed by atoms with Gasteiger partial charge in [-0.2, -0.15) is 0 Å². The smallest absolute Gasteiger partial charge is 0.330 e. The number of aliphatic hydroxyl groups excluding tert-OH is 1. The average Bonchev–Trinajstić information content (AvgIpc) is 2.75. The van der Waals surface area contributed by atoms with Crippen LogP contribution in [0, 0.1) is 6.92 Å². The van der Waals surface area contributed by atoms with Crippen LogP contribution in [-0.4, -0.2) is 39.3 Å². The molecule has 8 nitrogen and oxygen atoms in total. The fourth-order valence-corrected chi connectivity index (χ4v) is 2.28. The number of amides is 1. The average molecular weight is 283 g/mol. The molecule has 1 amide bonds. The molecule has 8 heteroatoms. The monoisotopic (exact) mass is 283 g/mol.